The molecule has 0 spiro atoms. The largest absolute Gasteiger partial charge is 0.481 e. The third kappa shape index (κ3) is 5.33. The topological polar surface area (TPSA) is 104 Å². The molecule has 6 nitrogen and oxygen atoms in total. The summed E-state index contributed by atoms with van der Waals surface area (Å²) in [6, 6.07) is -1.13. The lowest BCUT2D eigenvalue weighted by Gasteiger charge is -2.16. The number of carbonyl (C=O) groups excluding carboxylic acids is 1. The maximum atomic E-state index is 11.4. The summed E-state index contributed by atoms with van der Waals surface area (Å²) in [5.41, 5.74) is 0. The van der Waals surface area contributed by atoms with Crippen molar-refractivity contribution in [2.24, 2.45) is 5.92 Å². The van der Waals surface area contributed by atoms with Crippen LogP contribution >= 0.6 is 0 Å². The van der Waals surface area contributed by atoms with Crippen LogP contribution in [0.25, 0.3) is 0 Å². The second-order valence-electron chi connectivity index (χ2n) is 3.64. The van der Waals surface area contributed by atoms with Crippen molar-refractivity contribution in [3.8, 4) is 0 Å². The van der Waals surface area contributed by atoms with Crippen molar-refractivity contribution in [2.75, 3.05) is 0 Å². The maximum Gasteiger partial charge on any atom is 0.326 e. The summed E-state index contributed by atoms with van der Waals surface area (Å²) in [5.74, 6) is -2.92. The summed E-state index contributed by atoms with van der Waals surface area (Å²) in [5, 5.41) is 19.5. The van der Waals surface area contributed by atoms with Crippen LogP contribution in [-0.4, -0.2) is 34.1 Å². The zero-order chi connectivity index (χ0) is 12.7. The predicted molar refractivity (Wildman–Crippen MR) is 55.9 cm³/mol. The zero-order valence-electron chi connectivity index (χ0n) is 9.40. The highest BCUT2D eigenvalue weighted by molar-refractivity contribution is 5.85. The van der Waals surface area contributed by atoms with Gasteiger partial charge >= 0.3 is 11.9 Å². The number of hydrogen-bond donors (Lipinski definition) is 3. The molecule has 0 rings (SSSR count). The van der Waals surface area contributed by atoms with E-state index in [1.54, 1.807) is 6.92 Å². The number of carboxylic acid groups (broad SMARTS) is 2. The molecule has 0 aromatic rings. The molecule has 0 aromatic heterocycles. The van der Waals surface area contributed by atoms with Gasteiger partial charge in [0.05, 0.1) is 0 Å². The highest BCUT2D eigenvalue weighted by Gasteiger charge is 2.22. The Morgan fingerprint density at radius 1 is 1.25 bits per heavy atom. The average Bonchev–Trinajstić information content (AvgIpc) is 2.21. The van der Waals surface area contributed by atoms with E-state index >= 15 is 0 Å². The average molecular weight is 231 g/mol. The highest BCUT2D eigenvalue weighted by atomic mass is 16.4. The number of rotatable bonds is 7. The van der Waals surface area contributed by atoms with Gasteiger partial charge in [-0.3, -0.25) is 9.59 Å². The van der Waals surface area contributed by atoms with E-state index in [4.69, 9.17) is 10.2 Å². The molecule has 0 aliphatic heterocycles. The Bertz CT molecular complexity index is 276. The fourth-order valence-electron chi connectivity index (χ4n) is 1.02. The van der Waals surface area contributed by atoms with Gasteiger partial charge in [-0.1, -0.05) is 13.8 Å². The molecule has 3 N–H and O–H groups in total. The first-order valence-electron chi connectivity index (χ1n) is 5.13. The van der Waals surface area contributed by atoms with Crippen molar-refractivity contribution >= 4 is 17.8 Å². The summed E-state index contributed by atoms with van der Waals surface area (Å²) in [4.78, 5) is 32.5. The molecule has 2 atom stereocenters. The molecular formula is C10H17NO5. The molecule has 16 heavy (non-hydrogen) atoms. The molecule has 0 aliphatic carbocycles. The monoisotopic (exact) mass is 231 g/mol. The van der Waals surface area contributed by atoms with E-state index in [9.17, 15) is 14.4 Å². The first-order chi connectivity index (χ1) is 7.38. The molecule has 2 unspecified atom stereocenters. The number of carboxylic acids is 2. The Labute approximate surface area is 93.6 Å². The number of aliphatic carboxylic acids is 2. The van der Waals surface area contributed by atoms with Crippen molar-refractivity contribution in [3.63, 3.8) is 0 Å². The van der Waals surface area contributed by atoms with Crippen molar-refractivity contribution in [2.45, 2.75) is 39.2 Å². The van der Waals surface area contributed by atoms with E-state index in [0.717, 1.165) is 0 Å². The molecular weight excluding hydrogens is 214 g/mol. The first-order valence-corrected chi connectivity index (χ1v) is 5.13. The molecule has 0 aromatic carbocycles. The van der Waals surface area contributed by atoms with Gasteiger partial charge in [-0.2, -0.15) is 0 Å². The fourth-order valence-corrected chi connectivity index (χ4v) is 1.02. The van der Waals surface area contributed by atoms with E-state index < -0.39 is 18.0 Å². The molecule has 0 bridgehead atoms. The van der Waals surface area contributed by atoms with Gasteiger partial charge < -0.3 is 15.5 Å². The number of carbonyl (C=O) groups is 3. The Balaban J connectivity index is 4.28. The molecule has 0 aliphatic rings. The molecule has 0 fully saturated rings. The van der Waals surface area contributed by atoms with Gasteiger partial charge in [-0.05, 0) is 12.8 Å². The highest BCUT2D eigenvalue weighted by Crippen LogP contribution is 2.04. The van der Waals surface area contributed by atoms with Crippen molar-refractivity contribution < 1.29 is 24.6 Å². The SMILES string of the molecule is CCC(C)C(=O)NC(CCC(=O)O)C(=O)O. The summed E-state index contributed by atoms with van der Waals surface area (Å²) < 4.78 is 0. The molecule has 0 radical (unpaired) electrons. The van der Waals surface area contributed by atoms with Crippen LogP contribution in [0.3, 0.4) is 0 Å². The third-order valence-electron chi connectivity index (χ3n) is 2.32. The normalized spacial score (nSPS) is 13.9. The van der Waals surface area contributed by atoms with Gasteiger partial charge in [-0.25, -0.2) is 4.79 Å². The van der Waals surface area contributed by atoms with Crippen molar-refractivity contribution in [1.29, 1.82) is 0 Å². The molecule has 1 amide bonds. The number of hydrogen-bond acceptors (Lipinski definition) is 3. The predicted octanol–water partition coefficient (Wildman–Crippen LogP) is 0.467. The van der Waals surface area contributed by atoms with Gasteiger partial charge in [0.1, 0.15) is 6.04 Å². The smallest absolute Gasteiger partial charge is 0.326 e. The van der Waals surface area contributed by atoms with Crippen LogP contribution < -0.4 is 5.32 Å². The van der Waals surface area contributed by atoms with Crippen molar-refractivity contribution in [3.05, 3.63) is 0 Å². The summed E-state index contributed by atoms with van der Waals surface area (Å²) in [6.45, 7) is 3.50. The summed E-state index contributed by atoms with van der Waals surface area (Å²) >= 11 is 0. The van der Waals surface area contributed by atoms with Gasteiger partial charge in [0, 0.05) is 12.3 Å². The standard InChI is InChI=1S/C10H17NO5/c1-3-6(2)9(14)11-7(10(15)16)4-5-8(12)13/h6-7H,3-5H2,1-2H3,(H,11,14)(H,12,13)(H,15,16). The van der Waals surface area contributed by atoms with Crippen LogP contribution in [0.5, 0.6) is 0 Å². The third-order valence-corrected chi connectivity index (χ3v) is 2.32. The van der Waals surface area contributed by atoms with Crippen LogP contribution in [0.4, 0.5) is 0 Å². The quantitative estimate of drug-likeness (QED) is 0.590. The molecule has 6 heteroatoms. The minimum Gasteiger partial charge on any atom is -0.481 e. The van der Waals surface area contributed by atoms with Crippen LogP contribution in [0.1, 0.15) is 33.1 Å². The minimum atomic E-state index is -1.21. The minimum absolute atomic E-state index is 0.104. The lowest BCUT2D eigenvalue weighted by Crippen LogP contribution is -2.43. The van der Waals surface area contributed by atoms with E-state index in [1.165, 1.54) is 0 Å². The fraction of sp³-hybridized carbons (Fsp3) is 0.700. The van der Waals surface area contributed by atoms with Crippen molar-refractivity contribution in [1.82, 2.24) is 5.32 Å². The van der Waals surface area contributed by atoms with Crippen LogP contribution in [0.2, 0.25) is 0 Å². The van der Waals surface area contributed by atoms with Gasteiger partial charge in [-0.15, -0.1) is 0 Å². The van der Waals surface area contributed by atoms with Gasteiger partial charge in [0.15, 0.2) is 0 Å². The second-order valence-corrected chi connectivity index (χ2v) is 3.64. The van der Waals surface area contributed by atoms with Crippen LogP contribution in [-0.2, 0) is 14.4 Å². The molecule has 0 saturated carbocycles. The molecule has 0 heterocycles. The van der Waals surface area contributed by atoms with E-state index in [1.807, 2.05) is 6.92 Å². The second kappa shape index (κ2) is 6.81. The van der Waals surface area contributed by atoms with E-state index in [0.29, 0.717) is 6.42 Å². The number of nitrogens with one attached hydrogen (secondary N) is 1. The Hall–Kier alpha value is -1.59. The Morgan fingerprint density at radius 2 is 1.81 bits per heavy atom. The Kier molecular flexibility index (Phi) is 6.14. The summed E-state index contributed by atoms with van der Waals surface area (Å²) in [7, 11) is 0. The first kappa shape index (κ1) is 14.4. The van der Waals surface area contributed by atoms with Crippen LogP contribution in [0.15, 0.2) is 0 Å². The van der Waals surface area contributed by atoms with Gasteiger partial charge in [0.25, 0.3) is 0 Å². The Morgan fingerprint density at radius 3 is 2.19 bits per heavy atom. The molecule has 0 saturated heterocycles. The van der Waals surface area contributed by atoms with E-state index in [2.05, 4.69) is 5.32 Å². The van der Waals surface area contributed by atoms with E-state index in [-0.39, 0.29) is 24.7 Å². The maximum absolute atomic E-state index is 11.4. The summed E-state index contributed by atoms with van der Waals surface area (Å²) in [6.07, 6.45) is 0.224. The number of amides is 1. The lowest BCUT2D eigenvalue weighted by molar-refractivity contribution is -0.143. The van der Waals surface area contributed by atoms with Crippen LogP contribution in [0, 0.1) is 5.92 Å². The van der Waals surface area contributed by atoms with Gasteiger partial charge in [0.2, 0.25) is 5.91 Å². The zero-order valence-corrected chi connectivity index (χ0v) is 9.40. The lowest BCUT2D eigenvalue weighted by atomic mass is 10.1. The molecule has 92 valence electrons.